The molecule has 8 nitrogen and oxygen atoms in total. The van der Waals surface area contributed by atoms with Crippen LogP contribution in [0.5, 0.6) is 11.5 Å². The average molecular weight is 405 g/mol. The first-order valence-electron chi connectivity index (χ1n) is 8.37. The van der Waals surface area contributed by atoms with Crippen LogP contribution in [0.25, 0.3) is 0 Å². The van der Waals surface area contributed by atoms with E-state index >= 15 is 0 Å². The van der Waals surface area contributed by atoms with E-state index in [0.717, 1.165) is 10.6 Å². The molecule has 1 N–H and O–H groups in total. The zero-order chi connectivity index (χ0) is 20.7. The summed E-state index contributed by atoms with van der Waals surface area (Å²) < 4.78 is 35.9. The molecular formula is C19H23N3O5S. The Morgan fingerprint density at radius 3 is 2.32 bits per heavy atom. The van der Waals surface area contributed by atoms with E-state index in [0.29, 0.717) is 22.7 Å². The molecule has 0 radical (unpaired) electrons. The number of sulfonamides is 1. The number of ether oxygens (including phenoxy) is 2. The van der Waals surface area contributed by atoms with Crippen LogP contribution in [0.3, 0.4) is 0 Å². The number of benzene rings is 2. The number of hydrogen-bond acceptors (Lipinski definition) is 6. The minimum Gasteiger partial charge on any atom is -0.497 e. The second kappa shape index (κ2) is 9.23. The lowest BCUT2D eigenvalue weighted by Gasteiger charge is -2.27. The number of nitrogens with zero attached hydrogens (tertiary/aromatic N) is 2. The van der Waals surface area contributed by atoms with Gasteiger partial charge in [-0.15, -0.1) is 0 Å². The van der Waals surface area contributed by atoms with E-state index in [4.69, 9.17) is 9.47 Å². The normalized spacial score (nSPS) is 12.4. The predicted octanol–water partition coefficient (Wildman–Crippen LogP) is 2.01. The van der Waals surface area contributed by atoms with Crippen LogP contribution in [-0.4, -0.2) is 47.1 Å². The molecule has 0 aliphatic rings. The largest absolute Gasteiger partial charge is 0.497 e. The molecule has 150 valence electrons. The first-order valence-corrected chi connectivity index (χ1v) is 10.2. The lowest BCUT2D eigenvalue weighted by atomic mass is 10.2. The molecule has 0 aliphatic heterocycles. The molecule has 0 spiro atoms. The quantitative estimate of drug-likeness (QED) is 0.535. The average Bonchev–Trinajstić information content (AvgIpc) is 2.67. The number of rotatable bonds is 8. The fourth-order valence-corrected chi connectivity index (χ4v) is 3.74. The Balaban J connectivity index is 2.18. The van der Waals surface area contributed by atoms with Gasteiger partial charge in [-0.05, 0) is 43.3 Å². The maximum atomic E-state index is 12.5. The number of amides is 1. The van der Waals surface area contributed by atoms with Gasteiger partial charge in [0.15, 0.2) is 0 Å². The van der Waals surface area contributed by atoms with Crippen molar-refractivity contribution < 1.29 is 22.7 Å². The lowest BCUT2D eigenvalue weighted by molar-refractivity contribution is -0.121. The molecule has 1 atom stereocenters. The lowest BCUT2D eigenvalue weighted by Crippen LogP contribution is -2.46. The number of nitrogens with one attached hydrogen (secondary N) is 1. The molecular weight excluding hydrogens is 382 g/mol. The number of hydrazone groups is 1. The third-order valence-corrected chi connectivity index (χ3v) is 5.17. The van der Waals surface area contributed by atoms with Crippen molar-refractivity contribution in [3.8, 4) is 11.5 Å². The Morgan fingerprint density at radius 1 is 1.11 bits per heavy atom. The molecule has 0 unspecified atom stereocenters. The molecule has 2 rings (SSSR count). The Bertz CT molecular complexity index is 942. The van der Waals surface area contributed by atoms with Gasteiger partial charge in [0.1, 0.15) is 17.5 Å². The van der Waals surface area contributed by atoms with E-state index in [1.54, 1.807) is 36.4 Å². The Kier molecular flexibility index (Phi) is 7.00. The minimum absolute atomic E-state index is 0.347. The fourth-order valence-electron chi connectivity index (χ4n) is 2.57. The molecule has 0 fully saturated rings. The summed E-state index contributed by atoms with van der Waals surface area (Å²) in [5.74, 6) is 0.604. The van der Waals surface area contributed by atoms with Crippen LogP contribution in [-0.2, 0) is 14.8 Å². The number of carbonyl (C=O) groups excluding carboxylic acids is 1. The second-order valence-electron chi connectivity index (χ2n) is 5.91. The van der Waals surface area contributed by atoms with Crippen molar-refractivity contribution in [3.63, 3.8) is 0 Å². The van der Waals surface area contributed by atoms with E-state index in [2.05, 4.69) is 10.5 Å². The highest BCUT2D eigenvalue weighted by molar-refractivity contribution is 7.92. The SMILES string of the molecule is COc1ccc(N([C@@H](C)C(=O)N/N=C\c2ccccc2OC)S(C)(=O)=O)cc1. The number of anilines is 1. The molecule has 0 saturated heterocycles. The summed E-state index contributed by atoms with van der Waals surface area (Å²) in [7, 11) is -0.663. The van der Waals surface area contributed by atoms with Crippen molar-refractivity contribution >= 4 is 27.8 Å². The van der Waals surface area contributed by atoms with Gasteiger partial charge < -0.3 is 9.47 Å². The topological polar surface area (TPSA) is 97.3 Å². The van der Waals surface area contributed by atoms with Gasteiger partial charge in [0.2, 0.25) is 10.0 Å². The second-order valence-corrected chi connectivity index (χ2v) is 7.77. The van der Waals surface area contributed by atoms with Crippen LogP contribution in [0.15, 0.2) is 53.6 Å². The monoisotopic (exact) mass is 405 g/mol. The van der Waals surface area contributed by atoms with Gasteiger partial charge in [-0.2, -0.15) is 5.10 Å². The molecule has 1 amide bonds. The van der Waals surface area contributed by atoms with Gasteiger partial charge in [-0.25, -0.2) is 13.8 Å². The van der Waals surface area contributed by atoms with Crippen LogP contribution in [0.4, 0.5) is 5.69 Å². The third-order valence-electron chi connectivity index (χ3n) is 3.93. The minimum atomic E-state index is -3.71. The standard InChI is InChI=1S/C19H23N3O5S/c1-14(19(23)21-20-13-15-7-5-6-8-18(15)27-3)22(28(4,24)25)16-9-11-17(26-2)12-10-16/h5-14H,1-4H3,(H,21,23)/b20-13-/t14-/m0/s1. The summed E-state index contributed by atoms with van der Waals surface area (Å²) >= 11 is 0. The zero-order valence-corrected chi connectivity index (χ0v) is 16.9. The fraction of sp³-hybridized carbons (Fsp3) is 0.263. The highest BCUT2D eigenvalue weighted by Gasteiger charge is 2.29. The van der Waals surface area contributed by atoms with Crippen LogP contribution in [0.1, 0.15) is 12.5 Å². The predicted molar refractivity (Wildman–Crippen MR) is 109 cm³/mol. The molecule has 28 heavy (non-hydrogen) atoms. The summed E-state index contributed by atoms with van der Waals surface area (Å²) in [6.07, 6.45) is 2.47. The summed E-state index contributed by atoms with van der Waals surface area (Å²) in [4.78, 5) is 12.5. The van der Waals surface area contributed by atoms with Gasteiger partial charge in [0.05, 0.1) is 32.4 Å². The van der Waals surface area contributed by atoms with Crippen molar-refractivity contribution in [2.45, 2.75) is 13.0 Å². The first-order chi connectivity index (χ1) is 13.3. The van der Waals surface area contributed by atoms with Crippen molar-refractivity contribution in [2.24, 2.45) is 5.10 Å². The molecule has 0 heterocycles. The van der Waals surface area contributed by atoms with Crippen molar-refractivity contribution in [1.29, 1.82) is 0 Å². The smallest absolute Gasteiger partial charge is 0.263 e. The summed E-state index contributed by atoms with van der Waals surface area (Å²) in [6, 6.07) is 12.5. The van der Waals surface area contributed by atoms with E-state index < -0.39 is 22.0 Å². The van der Waals surface area contributed by atoms with Gasteiger partial charge in [0.25, 0.3) is 5.91 Å². The van der Waals surface area contributed by atoms with E-state index in [1.165, 1.54) is 27.4 Å². The Hall–Kier alpha value is -3.07. The molecule has 0 saturated carbocycles. The maximum Gasteiger partial charge on any atom is 0.263 e. The van der Waals surface area contributed by atoms with Crippen molar-refractivity contribution in [2.75, 3.05) is 24.8 Å². The summed E-state index contributed by atoms with van der Waals surface area (Å²) in [6.45, 7) is 1.49. The van der Waals surface area contributed by atoms with Crippen molar-refractivity contribution in [1.82, 2.24) is 5.43 Å². The van der Waals surface area contributed by atoms with Crippen LogP contribution in [0, 0.1) is 0 Å². The maximum absolute atomic E-state index is 12.5. The molecule has 0 aromatic heterocycles. The van der Waals surface area contributed by atoms with Gasteiger partial charge in [0, 0.05) is 5.56 Å². The highest BCUT2D eigenvalue weighted by atomic mass is 32.2. The first kappa shape index (κ1) is 21.2. The summed E-state index contributed by atoms with van der Waals surface area (Å²) in [5.41, 5.74) is 3.39. The summed E-state index contributed by atoms with van der Waals surface area (Å²) in [5, 5.41) is 3.91. The van der Waals surface area contributed by atoms with Crippen LogP contribution >= 0.6 is 0 Å². The van der Waals surface area contributed by atoms with Crippen LogP contribution in [0.2, 0.25) is 0 Å². The number of hydrogen-bond donors (Lipinski definition) is 1. The van der Waals surface area contributed by atoms with Crippen molar-refractivity contribution in [3.05, 3.63) is 54.1 Å². The van der Waals surface area contributed by atoms with Gasteiger partial charge >= 0.3 is 0 Å². The highest BCUT2D eigenvalue weighted by Crippen LogP contribution is 2.23. The number of carbonyl (C=O) groups is 1. The molecule has 9 heteroatoms. The van der Waals surface area contributed by atoms with Crippen LogP contribution < -0.4 is 19.2 Å². The van der Waals surface area contributed by atoms with Gasteiger partial charge in [-0.3, -0.25) is 9.10 Å². The zero-order valence-electron chi connectivity index (χ0n) is 16.1. The molecule has 0 bridgehead atoms. The molecule has 2 aromatic carbocycles. The van der Waals surface area contributed by atoms with E-state index in [9.17, 15) is 13.2 Å². The third kappa shape index (κ3) is 5.23. The Labute approximate surface area is 164 Å². The molecule has 2 aromatic rings. The molecule has 0 aliphatic carbocycles. The Morgan fingerprint density at radius 2 is 1.75 bits per heavy atom. The number of methoxy groups -OCH3 is 2. The van der Waals surface area contributed by atoms with Gasteiger partial charge in [-0.1, -0.05) is 12.1 Å². The number of para-hydroxylation sites is 1. The van der Waals surface area contributed by atoms with E-state index in [-0.39, 0.29) is 0 Å². The van der Waals surface area contributed by atoms with E-state index in [1.807, 2.05) is 12.1 Å².